The monoisotopic (exact) mass is 525 g/mol. The van der Waals surface area contributed by atoms with Crippen molar-refractivity contribution in [1.29, 1.82) is 0 Å². The topological polar surface area (TPSA) is 101 Å². The number of H-pyrrole nitrogens is 1. The van der Waals surface area contributed by atoms with E-state index in [0.717, 1.165) is 29.6 Å². The molecule has 0 saturated carbocycles. The normalized spacial score (nSPS) is 11.7. The van der Waals surface area contributed by atoms with Gasteiger partial charge in [-0.1, -0.05) is 43.3 Å². The van der Waals surface area contributed by atoms with Gasteiger partial charge in [0.15, 0.2) is 5.88 Å². The van der Waals surface area contributed by atoms with Crippen LogP contribution in [0.4, 0.5) is 11.4 Å². The largest absolute Gasteiger partial charge is 0.494 e. The molecule has 0 saturated heterocycles. The number of nitrogens with zero attached hydrogens (tertiary/aromatic N) is 3. The van der Waals surface area contributed by atoms with Crippen molar-refractivity contribution in [3.8, 4) is 5.88 Å². The van der Waals surface area contributed by atoms with E-state index < -0.39 is 0 Å². The summed E-state index contributed by atoms with van der Waals surface area (Å²) in [5.74, 6) is -0.206. The van der Waals surface area contributed by atoms with E-state index in [-0.39, 0.29) is 17.7 Å². The average molecular weight is 526 g/mol. The highest BCUT2D eigenvalue weighted by atomic mass is 16.3. The summed E-state index contributed by atoms with van der Waals surface area (Å²) in [6.45, 7) is 5.50. The molecule has 3 aromatic carbocycles. The number of rotatable bonds is 10. The van der Waals surface area contributed by atoms with E-state index >= 15 is 0 Å². The molecular formula is C31H35N5O3. The highest BCUT2D eigenvalue weighted by molar-refractivity contribution is 6.22. The number of amides is 2. The van der Waals surface area contributed by atoms with E-state index in [1.807, 2.05) is 86.6 Å². The molecule has 202 valence electrons. The fourth-order valence-electron chi connectivity index (χ4n) is 4.37. The molecule has 0 radical (unpaired) electrons. The van der Waals surface area contributed by atoms with Crippen LogP contribution in [0.1, 0.15) is 41.8 Å². The molecule has 39 heavy (non-hydrogen) atoms. The van der Waals surface area contributed by atoms with Crippen molar-refractivity contribution in [1.82, 2.24) is 15.2 Å². The molecule has 4 rings (SSSR count). The molecule has 4 aromatic rings. The number of carbonyl (C=O) groups excluding carboxylic acids is 2. The summed E-state index contributed by atoms with van der Waals surface area (Å²) in [5.41, 5.74) is 4.61. The number of benzene rings is 3. The molecular weight excluding hydrogens is 490 g/mol. The van der Waals surface area contributed by atoms with Gasteiger partial charge in [0.1, 0.15) is 0 Å². The molecule has 0 aliphatic rings. The van der Waals surface area contributed by atoms with Gasteiger partial charge in [0.25, 0.3) is 5.91 Å². The van der Waals surface area contributed by atoms with Crippen molar-refractivity contribution >= 4 is 39.8 Å². The smallest absolute Gasteiger partial charge is 0.251 e. The Hall–Kier alpha value is -4.43. The standard InChI is InChI=1S/C31H35N5O3/c1-5-17-32-30(38)23-11-16-26-27(20-23)34-31(39)28(26)29(22-9-7-6-8-10-22)33-24-12-14-25(15-13-24)36(21(2)37)19-18-35(3)4/h6-16,20,34,39H,5,17-19H2,1-4H3,(H,32,38). The maximum atomic E-state index is 12.5. The van der Waals surface area contributed by atoms with Gasteiger partial charge >= 0.3 is 0 Å². The third-order valence-electron chi connectivity index (χ3n) is 6.41. The summed E-state index contributed by atoms with van der Waals surface area (Å²) in [7, 11) is 3.95. The second-order valence-corrected chi connectivity index (χ2v) is 9.68. The number of fused-ring (bicyclic) bond motifs is 1. The van der Waals surface area contributed by atoms with Crippen molar-refractivity contribution in [2.45, 2.75) is 20.3 Å². The number of likely N-dealkylation sites (N-methyl/N-ethyl adjacent to an activating group) is 1. The number of aromatic hydroxyl groups is 1. The molecule has 0 aliphatic carbocycles. The van der Waals surface area contributed by atoms with Crippen LogP contribution >= 0.6 is 0 Å². The SMILES string of the molecule is CCCNC(=O)c1ccc2c(C(=Nc3ccc(N(CCN(C)C)C(C)=O)cc3)c3ccccc3)c(O)[nH]c2c1. The zero-order valence-electron chi connectivity index (χ0n) is 22.9. The van der Waals surface area contributed by atoms with E-state index in [0.29, 0.717) is 41.1 Å². The molecule has 8 heteroatoms. The van der Waals surface area contributed by atoms with E-state index in [4.69, 9.17) is 4.99 Å². The minimum Gasteiger partial charge on any atom is -0.494 e. The predicted molar refractivity (Wildman–Crippen MR) is 157 cm³/mol. The van der Waals surface area contributed by atoms with Crippen LogP contribution in [0, 0.1) is 0 Å². The van der Waals surface area contributed by atoms with Gasteiger partial charge in [-0.3, -0.25) is 9.59 Å². The molecule has 0 spiro atoms. The lowest BCUT2D eigenvalue weighted by molar-refractivity contribution is -0.116. The van der Waals surface area contributed by atoms with Gasteiger partial charge in [-0.25, -0.2) is 4.99 Å². The van der Waals surface area contributed by atoms with Gasteiger partial charge in [0, 0.05) is 54.3 Å². The Balaban J connectivity index is 1.75. The number of aromatic nitrogens is 1. The van der Waals surface area contributed by atoms with E-state index in [9.17, 15) is 14.7 Å². The van der Waals surface area contributed by atoms with E-state index in [1.54, 1.807) is 24.0 Å². The minimum atomic E-state index is -0.156. The second-order valence-electron chi connectivity index (χ2n) is 9.68. The predicted octanol–water partition coefficient (Wildman–Crippen LogP) is 5.10. The third kappa shape index (κ3) is 6.53. The number of carbonyl (C=O) groups is 2. The average Bonchev–Trinajstić information content (AvgIpc) is 3.26. The first-order valence-electron chi connectivity index (χ1n) is 13.1. The molecule has 0 aliphatic heterocycles. The van der Waals surface area contributed by atoms with E-state index in [2.05, 4.69) is 10.3 Å². The molecule has 8 nitrogen and oxygen atoms in total. The lowest BCUT2D eigenvalue weighted by atomic mass is 10.00. The van der Waals surface area contributed by atoms with Crippen molar-refractivity contribution in [2.24, 2.45) is 4.99 Å². The lowest BCUT2D eigenvalue weighted by Gasteiger charge is -2.23. The maximum absolute atomic E-state index is 12.5. The lowest BCUT2D eigenvalue weighted by Crippen LogP contribution is -2.35. The minimum absolute atomic E-state index is 0.0236. The number of aliphatic imine (C=N–C) groups is 1. The van der Waals surface area contributed by atoms with Crippen molar-refractivity contribution < 1.29 is 14.7 Å². The van der Waals surface area contributed by atoms with Crippen LogP contribution in [0.3, 0.4) is 0 Å². The Labute approximate surface area is 229 Å². The van der Waals surface area contributed by atoms with Crippen LogP contribution in [-0.2, 0) is 4.79 Å². The third-order valence-corrected chi connectivity index (χ3v) is 6.41. The number of hydrogen-bond acceptors (Lipinski definition) is 5. The quantitative estimate of drug-likeness (QED) is 0.251. The highest BCUT2D eigenvalue weighted by Crippen LogP contribution is 2.32. The zero-order chi connectivity index (χ0) is 27.9. The first kappa shape index (κ1) is 27.6. The van der Waals surface area contributed by atoms with Gasteiger partial charge in [0.2, 0.25) is 5.91 Å². The number of hydrogen-bond donors (Lipinski definition) is 3. The van der Waals surface area contributed by atoms with Gasteiger partial charge in [-0.2, -0.15) is 0 Å². The molecule has 0 bridgehead atoms. The first-order valence-corrected chi connectivity index (χ1v) is 13.1. The molecule has 1 heterocycles. The van der Waals surface area contributed by atoms with Crippen molar-refractivity contribution in [3.63, 3.8) is 0 Å². The van der Waals surface area contributed by atoms with Crippen LogP contribution in [0.15, 0.2) is 77.8 Å². The molecule has 0 atom stereocenters. The number of nitrogens with one attached hydrogen (secondary N) is 2. The summed E-state index contributed by atoms with van der Waals surface area (Å²) >= 11 is 0. The van der Waals surface area contributed by atoms with Gasteiger partial charge in [-0.15, -0.1) is 0 Å². The second kappa shape index (κ2) is 12.4. The summed E-state index contributed by atoms with van der Waals surface area (Å²) in [6.07, 6.45) is 0.849. The van der Waals surface area contributed by atoms with Crippen molar-refractivity contribution in [2.75, 3.05) is 38.6 Å². The summed E-state index contributed by atoms with van der Waals surface area (Å²) < 4.78 is 0. The van der Waals surface area contributed by atoms with Crippen LogP contribution in [0.5, 0.6) is 5.88 Å². The zero-order valence-corrected chi connectivity index (χ0v) is 22.9. The Morgan fingerprint density at radius 1 is 0.949 bits per heavy atom. The Bertz CT molecular complexity index is 1470. The van der Waals surface area contributed by atoms with Gasteiger partial charge in [0.05, 0.1) is 17.0 Å². The fourth-order valence-corrected chi connectivity index (χ4v) is 4.37. The molecule has 0 unspecified atom stereocenters. The molecule has 1 aromatic heterocycles. The van der Waals surface area contributed by atoms with Crippen molar-refractivity contribution in [3.05, 3.63) is 89.5 Å². The van der Waals surface area contributed by atoms with Crippen LogP contribution in [-0.4, -0.2) is 66.2 Å². The van der Waals surface area contributed by atoms with Gasteiger partial charge < -0.3 is 25.2 Å². The summed E-state index contributed by atoms with van der Waals surface area (Å²) in [5, 5.41) is 14.6. The number of aromatic amines is 1. The summed E-state index contributed by atoms with van der Waals surface area (Å²) in [4.78, 5) is 36.5. The van der Waals surface area contributed by atoms with Gasteiger partial charge in [-0.05, 0) is 56.9 Å². The maximum Gasteiger partial charge on any atom is 0.251 e. The first-order chi connectivity index (χ1) is 18.8. The number of anilines is 1. The van der Waals surface area contributed by atoms with Crippen LogP contribution in [0.2, 0.25) is 0 Å². The molecule has 2 amide bonds. The highest BCUT2D eigenvalue weighted by Gasteiger charge is 2.20. The molecule has 3 N–H and O–H groups in total. The van der Waals surface area contributed by atoms with E-state index in [1.165, 1.54) is 0 Å². The Kier molecular flexibility index (Phi) is 8.78. The Morgan fingerprint density at radius 3 is 2.31 bits per heavy atom. The fraction of sp³-hybridized carbons (Fsp3) is 0.258. The molecule has 0 fully saturated rings. The Morgan fingerprint density at radius 2 is 1.67 bits per heavy atom. The van der Waals surface area contributed by atoms with Crippen LogP contribution < -0.4 is 10.2 Å². The summed E-state index contributed by atoms with van der Waals surface area (Å²) in [6, 6.07) is 22.5. The van der Waals surface area contributed by atoms with Crippen LogP contribution in [0.25, 0.3) is 10.9 Å².